The Morgan fingerprint density at radius 3 is 1.97 bits per heavy atom. The molecule has 0 aliphatic heterocycles. The number of aromatic carboxylic acids is 2. The van der Waals surface area contributed by atoms with Crippen LogP contribution in [-0.2, 0) is 17.6 Å². The maximum atomic E-state index is 12.0. The van der Waals surface area contributed by atoms with Crippen molar-refractivity contribution in [3.05, 3.63) is 64.2 Å². The summed E-state index contributed by atoms with van der Waals surface area (Å²) in [6, 6.07) is 10.3. The second-order valence-corrected chi connectivity index (χ2v) is 8.41. The van der Waals surface area contributed by atoms with Gasteiger partial charge in [-0.3, -0.25) is 4.79 Å². The lowest BCUT2D eigenvalue weighted by atomic mass is 9.91. The topological polar surface area (TPSA) is 101 Å². The highest BCUT2D eigenvalue weighted by molar-refractivity contribution is 6.01. The maximum absolute atomic E-state index is 12.0. The highest BCUT2D eigenvalue weighted by atomic mass is 16.5. The Kier molecular flexibility index (Phi) is 7.38. The molecule has 0 fully saturated rings. The predicted octanol–water partition coefficient (Wildman–Crippen LogP) is 4.56. The molecule has 2 rings (SSSR count). The zero-order chi connectivity index (χ0) is 22.5. The number of carbonyl (C=O) groups is 3. The first kappa shape index (κ1) is 23.1. The number of carboxylic acids is 2. The summed E-state index contributed by atoms with van der Waals surface area (Å²) in [5.74, 6) is -1.77. The molecule has 2 aromatic rings. The van der Waals surface area contributed by atoms with Crippen molar-refractivity contribution in [2.75, 3.05) is 6.61 Å². The summed E-state index contributed by atoms with van der Waals surface area (Å²) in [4.78, 5) is 34.5. The van der Waals surface area contributed by atoms with Crippen LogP contribution in [0.5, 0.6) is 5.75 Å². The summed E-state index contributed by atoms with van der Waals surface area (Å²) in [6.07, 6.45) is 2.20. The quantitative estimate of drug-likeness (QED) is 0.626. The molecular weight excluding hydrogens is 384 g/mol. The molecule has 0 radical (unpaired) electrons. The molecule has 0 saturated heterocycles. The molecule has 2 aromatic carbocycles. The van der Waals surface area contributed by atoms with Crippen molar-refractivity contribution < 1.29 is 29.3 Å². The first-order chi connectivity index (χ1) is 14.0. The van der Waals surface area contributed by atoms with Gasteiger partial charge in [0, 0.05) is 5.41 Å². The van der Waals surface area contributed by atoms with Gasteiger partial charge >= 0.3 is 11.9 Å². The van der Waals surface area contributed by atoms with Crippen LogP contribution < -0.4 is 4.74 Å². The van der Waals surface area contributed by atoms with Crippen molar-refractivity contribution in [2.45, 2.75) is 47.0 Å². The number of ketones is 1. The Bertz CT molecular complexity index is 953. The van der Waals surface area contributed by atoms with Crippen LogP contribution in [0.2, 0.25) is 0 Å². The number of hydrogen-bond donors (Lipinski definition) is 2. The fourth-order valence-electron chi connectivity index (χ4n) is 3.00. The van der Waals surface area contributed by atoms with Gasteiger partial charge < -0.3 is 14.9 Å². The molecule has 0 aromatic heterocycles. The molecule has 0 spiro atoms. The summed E-state index contributed by atoms with van der Waals surface area (Å²) in [6.45, 7) is 7.57. The summed E-state index contributed by atoms with van der Waals surface area (Å²) >= 11 is 0. The van der Waals surface area contributed by atoms with E-state index in [0.717, 1.165) is 29.5 Å². The molecular formula is C24H28O6. The van der Waals surface area contributed by atoms with Crippen molar-refractivity contribution in [3.8, 4) is 5.75 Å². The standard InChI is InChI=1S/C24H28O6/c1-15-12-16(9-11-20(15)30-14-21(25)24(2,3)4)6-5-7-17-8-10-18(22(26)27)19(13-17)23(28)29/h8-13H,5-7,14H2,1-4H3,(H,26,27)(H,28,29). The van der Waals surface area contributed by atoms with Gasteiger partial charge in [-0.1, -0.05) is 39.0 Å². The molecule has 160 valence electrons. The highest BCUT2D eigenvalue weighted by Crippen LogP contribution is 2.22. The van der Waals surface area contributed by atoms with Crippen LogP contribution in [0.3, 0.4) is 0 Å². The van der Waals surface area contributed by atoms with Crippen LogP contribution in [0.15, 0.2) is 36.4 Å². The van der Waals surface area contributed by atoms with Crippen molar-refractivity contribution in [1.82, 2.24) is 0 Å². The van der Waals surface area contributed by atoms with E-state index < -0.39 is 17.4 Å². The van der Waals surface area contributed by atoms with Crippen molar-refractivity contribution in [2.24, 2.45) is 5.41 Å². The van der Waals surface area contributed by atoms with Gasteiger partial charge in [-0.05, 0) is 61.1 Å². The Morgan fingerprint density at radius 1 is 0.867 bits per heavy atom. The first-order valence-electron chi connectivity index (χ1n) is 9.84. The molecule has 0 saturated carbocycles. The normalized spacial score (nSPS) is 11.2. The van der Waals surface area contributed by atoms with Crippen molar-refractivity contribution in [1.29, 1.82) is 0 Å². The second kappa shape index (κ2) is 9.57. The van der Waals surface area contributed by atoms with Gasteiger partial charge in [0.05, 0.1) is 11.1 Å². The molecule has 2 N–H and O–H groups in total. The molecule has 0 aliphatic rings. The molecule has 0 unspecified atom stereocenters. The summed E-state index contributed by atoms with van der Waals surface area (Å²) in [5.41, 5.74) is 2.02. The third-order valence-electron chi connectivity index (χ3n) is 4.91. The maximum Gasteiger partial charge on any atom is 0.336 e. The van der Waals surface area contributed by atoms with Crippen LogP contribution in [0.25, 0.3) is 0 Å². The second-order valence-electron chi connectivity index (χ2n) is 8.41. The van der Waals surface area contributed by atoms with Crippen LogP contribution in [-0.4, -0.2) is 34.5 Å². The Hall–Kier alpha value is -3.15. The minimum Gasteiger partial charge on any atom is -0.486 e. The van der Waals surface area contributed by atoms with Gasteiger partial charge in [-0.25, -0.2) is 9.59 Å². The third kappa shape index (κ3) is 6.17. The average molecular weight is 412 g/mol. The Balaban J connectivity index is 1.96. The zero-order valence-electron chi connectivity index (χ0n) is 17.8. The van der Waals surface area contributed by atoms with E-state index >= 15 is 0 Å². The van der Waals surface area contributed by atoms with E-state index in [9.17, 15) is 19.5 Å². The lowest BCUT2D eigenvalue weighted by Crippen LogP contribution is -2.26. The van der Waals surface area contributed by atoms with Crippen LogP contribution in [0.4, 0.5) is 0 Å². The number of Topliss-reactive ketones (excluding diaryl/α,β-unsaturated/α-hetero) is 1. The molecule has 30 heavy (non-hydrogen) atoms. The number of rotatable bonds is 9. The van der Waals surface area contributed by atoms with Crippen LogP contribution >= 0.6 is 0 Å². The third-order valence-corrected chi connectivity index (χ3v) is 4.91. The van der Waals surface area contributed by atoms with Gasteiger partial charge in [0.15, 0.2) is 5.78 Å². The zero-order valence-corrected chi connectivity index (χ0v) is 17.8. The number of ether oxygens (including phenoxy) is 1. The number of benzene rings is 2. The highest BCUT2D eigenvalue weighted by Gasteiger charge is 2.21. The monoisotopic (exact) mass is 412 g/mol. The predicted molar refractivity (Wildman–Crippen MR) is 114 cm³/mol. The number of aryl methyl sites for hydroxylation is 3. The fraction of sp³-hybridized carbons (Fsp3) is 0.375. The summed E-state index contributed by atoms with van der Waals surface area (Å²) < 4.78 is 5.67. The van der Waals surface area contributed by atoms with Gasteiger partial charge in [-0.2, -0.15) is 0 Å². The lowest BCUT2D eigenvalue weighted by Gasteiger charge is -2.17. The van der Waals surface area contributed by atoms with Gasteiger partial charge in [0.25, 0.3) is 0 Å². The first-order valence-corrected chi connectivity index (χ1v) is 9.84. The summed E-state index contributed by atoms with van der Waals surface area (Å²) in [5, 5.41) is 18.3. The molecule has 6 heteroatoms. The van der Waals surface area contributed by atoms with E-state index in [2.05, 4.69) is 0 Å². The number of hydrogen-bond acceptors (Lipinski definition) is 4. The SMILES string of the molecule is Cc1cc(CCCc2ccc(C(=O)O)c(C(=O)O)c2)ccc1OCC(=O)C(C)(C)C. The molecule has 0 aliphatic carbocycles. The smallest absolute Gasteiger partial charge is 0.336 e. The van der Waals surface area contributed by atoms with Gasteiger partial charge in [0.1, 0.15) is 12.4 Å². The summed E-state index contributed by atoms with van der Waals surface area (Å²) in [7, 11) is 0. The number of carbonyl (C=O) groups excluding carboxylic acids is 1. The van der Waals surface area contributed by atoms with Crippen LogP contribution in [0.1, 0.15) is 64.6 Å². The molecule has 0 bridgehead atoms. The van der Waals surface area contributed by atoms with E-state index in [-0.39, 0.29) is 23.5 Å². The number of carboxylic acid groups (broad SMARTS) is 2. The van der Waals surface area contributed by atoms with Gasteiger partial charge in [-0.15, -0.1) is 0 Å². The average Bonchev–Trinajstić information content (AvgIpc) is 2.66. The van der Waals surface area contributed by atoms with Crippen LogP contribution in [0, 0.1) is 12.3 Å². The minimum atomic E-state index is -1.25. The van der Waals surface area contributed by atoms with Crippen molar-refractivity contribution in [3.63, 3.8) is 0 Å². The lowest BCUT2D eigenvalue weighted by molar-refractivity contribution is -0.128. The fourth-order valence-corrected chi connectivity index (χ4v) is 3.00. The Morgan fingerprint density at radius 2 is 1.43 bits per heavy atom. The molecule has 6 nitrogen and oxygen atoms in total. The molecule has 0 atom stereocenters. The minimum absolute atomic E-state index is 0.0422. The largest absolute Gasteiger partial charge is 0.486 e. The van der Waals surface area contributed by atoms with E-state index in [4.69, 9.17) is 9.84 Å². The molecule has 0 heterocycles. The van der Waals surface area contributed by atoms with E-state index in [1.54, 1.807) is 6.07 Å². The van der Waals surface area contributed by atoms with E-state index in [1.165, 1.54) is 12.1 Å². The molecule has 0 amide bonds. The van der Waals surface area contributed by atoms with Crippen molar-refractivity contribution >= 4 is 17.7 Å². The van der Waals surface area contributed by atoms with E-state index in [0.29, 0.717) is 12.2 Å². The van der Waals surface area contributed by atoms with E-state index in [1.807, 2.05) is 45.9 Å². The van der Waals surface area contributed by atoms with Gasteiger partial charge in [0.2, 0.25) is 0 Å². The Labute approximate surface area is 176 Å².